The van der Waals surface area contributed by atoms with E-state index in [1.54, 1.807) is 44.2 Å². The molecule has 0 aliphatic carbocycles. The molecule has 4 heterocycles. The topological polar surface area (TPSA) is 119 Å². The SMILES string of the molecule is CCOC(=O)c1sc(N2C(=O)C(=O)/C(=C(/O)c3ccc4c(c3)CC(C)O4)C2c2ccco2)nc1C. The number of furan rings is 1. The number of carbonyl (C=O) groups excluding carboxylic acids is 3. The van der Waals surface area contributed by atoms with E-state index in [4.69, 9.17) is 13.9 Å². The number of aromatic nitrogens is 1. The highest BCUT2D eigenvalue weighted by Crippen LogP contribution is 2.44. The minimum atomic E-state index is -1.06. The largest absolute Gasteiger partial charge is 0.507 e. The number of hydrogen-bond donors (Lipinski definition) is 1. The molecule has 2 aliphatic rings. The van der Waals surface area contributed by atoms with Gasteiger partial charge in [0.05, 0.1) is 24.1 Å². The summed E-state index contributed by atoms with van der Waals surface area (Å²) in [5.41, 5.74) is 1.54. The molecule has 180 valence electrons. The lowest BCUT2D eigenvalue weighted by atomic mass is 9.97. The molecule has 2 atom stereocenters. The maximum Gasteiger partial charge on any atom is 0.350 e. The van der Waals surface area contributed by atoms with Crippen molar-refractivity contribution in [3.8, 4) is 5.75 Å². The Bertz CT molecular complexity index is 1370. The van der Waals surface area contributed by atoms with Crippen LogP contribution in [-0.4, -0.2) is 40.5 Å². The number of esters is 1. The second kappa shape index (κ2) is 8.70. The van der Waals surface area contributed by atoms with E-state index in [2.05, 4.69) is 4.98 Å². The standard InChI is InChI=1S/C25H22N2O7S/c1-4-32-24(31)22-13(3)26-25(35-22)27-19(17-6-5-9-33-17)18(21(29)23(27)30)20(28)14-7-8-16-15(11-14)10-12(2)34-16/h5-9,11-12,19,28H,4,10H2,1-3H3/b20-18+. The van der Waals surface area contributed by atoms with Gasteiger partial charge in [-0.25, -0.2) is 9.78 Å². The number of fused-ring (bicyclic) bond motifs is 1. The van der Waals surface area contributed by atoms with Crippen LogP contribution in [0.3, 0.4) is 0 Å². The predicted molar refractivity (Wildman–Crippen MR) is 127 cm³/mol. The molecule has 1 amide bonds. The molecule has 1 aromatic carbocycles. The van der Waals surface area contributed by atoms with Crippen LogP contribution in [0.5, 0.6) is 5.75 Å². The van der Waals surface area contributed by atoms with Gasteiger partial charge in [0.1, 0.15) is 34.3 Å². The minimum absolute atomic E-state index is 0.0119. The number of aliphatic hydroxyl groups excluding tert-OH is 1. The molecule has 1 saturated heterocycles. The highest BCUT2D eigenvalue weighted by atomic mass is 32.1. The number of ketones is 1. The van der Waals surface area contributed by atoms with Gasteiger partial charge in [-0.2, -0.15) is 0 Å². The molecule has 0 radical (unpaired) electrons. The van der Waals surface area contributed by atoms with Crippen LogP contribution in [0.2, 0.25) is 0 Å². The Balaban J connectivity index is 1.63. The lowest BCUT2D eigenvalue weighted by Gasteiger charge is -2.20. The minimum Gasteiger partial charge on any atom is -0.507 e. The van der Waals surface area contributed by atoms with Gasteiger partial charge in [-0.05, 0) is 56.7 Å². The summed E-state index contributed by atoms with van der Waals surface area (Å²) in [6.45, 7) is 5.45. The van der Waals surface area contributed by atoms with Crippen molar-refractivity contribution in [2.75, 3.05) is 11.5 Å². The molecule has 2 aromatic heterocycles. The number of aliphatic hydroxyl groups is 1. The van der Waals surface area contributed by atoms with Crippen molar-refractivity contribution in [2.45, 2.75) is 39.3 Å². The summed E-state index contributed by atoms with van der Waals surface area (Å²) in [7, 11) is 0. The fourth-order valence-electron chi connectivity index (χ4n) is 4.34. The average Bonchev–Trinajstić information content (AvgIpc) is 3.59. The Hall–Kier alpha value is -3.92. The zero-order valence-electron chi connectivity index (χ0n) is 19.2. The Labute approximate surface area is 204 Å². The third kappa shape index (κ3) is 3.79. The number of carbonyl (C=O) groups is 3. The van der Waals surface area contributed by atoms with E-state index in [0.29, 0.717) is 17.7 Å². The Morgan fingerprint density at radius 3 is 2.83 bits per heavy atom. The number of Topliss-reactive ketones (excluding diaryl/α,β-unsaturated/α-hetero) is 1. The maximum absolute atomic E-state index is 13.2. The van der Waals surface area contributed by atoms with Crippen molar-refractivity contribution in [3.63, 3.8) is 0 Å². The van der Waals surface area contributed by atoms with Crippen molar-refractivity contribution in [2.24, 2.45) is 0 Å². The zero-order chi connectivity index (χ0) is 24.9. The summed E-state index contributed by atoms with van der Waals surface area (Å²) in [6.07, 6.45) is 2.10. The zero-order valence-corrected chi connectivity index (χ0v) is 20.0. The highest BCUT2D eigenvalue weighted by Gasteiger charge is 2.49. The number of hydrogen-bond acceptors (Lipinski definition) is 9. The summed E-state index contributed by atoms with van der Waals surface area (Å²) < 4.78 is 16.4. The van der Waals surface area contributed by atoms with Crippen LogP contribution in [0.1, 0.15) is 52.1 Å². The molecule has 3 aromatic rings. The van der Waals surface area contributed by atoms with Crippen LogP contribution in [0.25, 0.3) is 5.76 Å². The summed E-state index contributed by atoms with van der Waals surface area (Å²) in [5, 5.41) is 11.4. The molecule has 1 fully saturated rings. The quantitative estimate of drug-likeness (QED) is 0.243. The molecule has 0 bridgehead atoms. The average molecular weight is 495 g/mol. The lowest BCUT2D eigenvalue weighted by Crippen LogP contribution is -2.29. The first-order valence-corrected chi connectivity index (χ1v) is 11.9. The van der Waals surface area contributed by atoms with Crippen LogP contribution in [-0.2, 0) is 20.7 Å². The van der Waals surface area contributed by atoms with E-state index in [1.807, 2.05) is 6.92 Å². The van der Waals surface area contributed by atoms with E-state index in [9.17, 15) is 19.5 Å². The van der Waals surface area contributed by atoms with Crippen LogP contribution in [0, 0.1) is 6.92 Å². The van der Waals surface area contributed by atoms with E-state index < -0.39 is 23.7 Å². The number of benzene rings is 1. The van der Waals surface area contributed by atoms with Crippen LogP contribution in [0.4, 0.5) is 5.13 Å². The molecule has 9 nitrogen and oxygen atoms in total. The van der Waals surface area contributed by atoms with Gasteiger partial charge < -0.3 is 19.0 Å². The molecule has 1 N–H and O–H groups in total. The molecule has 10 heteroatoms. The smallest absolute Gasteiger partial charge is 0.350 e. The molecular formula is C25H22N2O7S. The summed E-state index contributed by atoms with van der Waals surface area (Å²) in [6, 6.07) is 7.32. The number of nitrogens with zero attached hydrogens (tertiary/aromatic N) is 2. The van der Waals surface area contributed by atoms with E-state index in [1.165, 1.54) is 6.26 Å². The Morgan fingerprint density at radius 1 is 1.31 bits per heavy atom. The molecular weight excluding hydrogens is 472 g/mol. The first-order valence-electron chi connectivity index (χ1n) is 11.1. The van der Waals surface area contributed by atoms with Crippen molar-refractivity contribution in [3.05, 3.63) is 69.6 Å². The van der Waals surface area contributed by atoms with Crippen molar-refractivity contribution >= 4 is 39.9 Å². The Morgan fingerprint density at radius 2 is 2.11 bits per heavy atom. The van der Waals surface area contributed by atoms with Gasteiger partial charge in [0.25, 0.3) is 5.78 Å². The fourth-order valence-corrected chi connectivity index (χ4v) is 5.33. The molecule has 0 saturated carbocycles. The van der Waals surface area contributed by atoms with Gasteiger partial charge in [0.2, 0.25) is 0 Å². The van der Waals surface area contributed by atoms with E-state index >= 15 is 0 Å². The van der Waals surface area contributed by atoms with Crippen LogP contribution < -0.4 is 9.64 Å². The number of anilines is 1. The number of aryl methyl sites for hydroxylation is 1. The number of rotatable bonds is 5. The summed E-state index contributed by atoms with van der Waals surface area (Å²) in [5.74, 6) is -1.64. The molecule has 2 unspecified atom stereocenters. The molecule has 2 aliphatic heterocycles. The van der Waals surface area contributed by atoms with Crippen molar-refractivity contribution < 1.29 is 33.4 Å². The normalized spacial score (nSPS) is 20.7. The van der Waals surface area contributed by atoms with Gasteiger partial charge in [-0.1, -0.05) is 11.3 Å². The lowest BCUT2D eigenvalue weighted by molar-refractivity contribution is -0.132. The van der Waals surface area contributed by atoms with Crippen molar-refractivity contribution in [1.29, 1.82) is 0 Å². The number of thiazole rings is 1. The van der Waals surface area contributed by atoms with Gasteiger partial charge in [0, 0.05) is 12.0 Å². The van der Waals surface area contributed by atoms with Gasteiger partial charge in [0.15, 0.2) is 5.13 Å². The van der Waals surface area contributed by atoms with Crippen LogP contribution in [0.15, 0.2) is 46.6 Å². The molecule has 0 spiro atoms. The summed E-state index contributed by atoms with van der Waals surface area (Å²) in [4.78, 5) is 44.5. The number of amides is 1. The van der Waals surface area contributed by atoms with Gasteiger partial charge in [-0.15, -0.1) is 0 Å². The number of ether oxygens (including phenoxy) is 2. The fraction of sp³-hybridized carbons (Fsp3) is 0.280. The second-order valence-corrected chi connectivity index (χ2v) is 9.25. The molecule has 35 heavy (non-hydrogen) atoms. The van der Waals surface area contributed by atoms with Crippen LogP contribution >= 0.6 is 11.3 Å². The first kappa shape index (κ1) is 22.9. The third-order valence-corrected chi connectivity index (χ3v) is 7.02. The Kier molecular flexibility index (Phi) is 5.68. The van der Waals surface area contributed by atoms with E-state index in [0.717, 1.165) is 27.5 Å². The second-order valence-electron chi connectivity index (χ2n) is 8.27. The maximum atomic E-state index is 13.2. The van der Waals surface area contributed by atoms with Crippen molar-refractivity contribution in [1.82, 2.24) is 4.98 Å². The highest BCUT2D eigenvalue weighted by molar-refractivity contribution is 7.17. The predicted octanol–water partition coefficient (Wildman–Crippen LogP) is 4.17. The van der Waals surface area contributed by atoms with Gasteiger partial charge in [-0.3, -0.25) is 14.5 Å². The third-order valence-electron chi connectivity index (χ3n) is 5.88. The first-order chi connectivity index (χ1) is 16.8. The molecule has 5 rings (SSSR count). The monoisotopic (exact) mass is 494 g/mol. The summed E-state index contributed by atoms with van der Waals surface area (Å²) >= 11 is 0.943. The van der Waals surface area contributed by atoms with Gasteiger partial charge >= 0.3 is 11.9 Å². The van der Waals surface area contributed by atoms with E-state index in [-0.39, 0.29) is 39.8 Å².